The van der Waals surface area contributed by atoms with E-state index in [4.69, 9.17) is 0 Å². The number of phenolic OH excluding ortho intramolecular Hbond substituents is 1. The molecule has 0 fully saturated rings. The highest BCUT2D eigenvalue weighted by atomic mass is 32.2. The van der Waals surface area contributed by atoms with E-state index in [1.165, 1.54) is 34.7 Å². The molecule has 1 amide bonds. The average Bonchev–Trinajstić information content (AvgIpc) is 2.70. The summed E-state index contributed by atoms with van der Waals surface area (Å²) in [4.78, 5) is 29.5. The fourth-order valence-corrected chi connectivity index (χ4v) is 3.36. The van der Waals surface area contributed by atoms with Crippen LogP contribution in [0.4, 0.5) is 0 Å². The highest BCUT2D eigenvalue weighted by molar-refractivity contribution is 7.99. The Hall–Kier alpha value is -3.39. The van der Waals surface area contributed by atoms with Gasteiger partial charge >= 0.3 is 0 Å². The minimum Gasteiger partial charge on any atom is -0.508 e. The van der Waals surface area contributed by atoms with Gasteiger partial charge in [-0.1, -0.05) is 36.0 Å². The number of amides is 1. The third-order valence-corrected chi connectivity index (χ3v) is 4.86. The molecule has 0 aliphatic carbocycles. The largest absolute Gasteiger partial charge is 0.508 e. The number of benzene rings is 2. The van der Waals surface area contributed by atoms with Crippen LogP contribution in [0.25, 0.3) is 10.9 Å². The predicted molar refractivity (Wildman–Crippen MR) is 115 cm³/mol. The van der Waals surface area contributed by atoms with Crippen molar-refractivity contribution in [2.75, 3.05) is 5.75 Å². The first-order valence-electron chi connectivity index (χ1n) is 8.82. The minimum absolute atomic E-state index is 0.0495. The maximum Gasteiger partial charge on any atom is 0.262 e. The molecule has 0 bridgehead atoms. The van der Waals surface area contributed by atoms with E-state index in [0.29, 0.717) is 22.6 Å². The number of fused-ring (bicyclic) bond motifs is 1. The molecule has 0 saturated heterocycles. The molecule has 3 rings (SSSR count). The molecule has 0 saturated carbocycles. The molecule has 0 aliphatic heterocycles. The first-order chi connectivity index (χ1) is 13.9. The first kappa shape index (κ1) is 20.3. The third-order valence-electron chi connectivity index (χ3n) is 3.88. The molecule has 7 nitrogen and oxygen atoms in total. The Morgan fingerprint density at radius 1 is 1.28 bits per heavy atom. The fraction of sp³-hybridized carbons (Fsp3) is 0.143. The normalized spacial score (nSPS) is 11.1. The van der Waals surface area contributed by atoms with Crippen LogP contribution in [-0.2, 0) is 11.3 Å². The summed E-state index contributed by atoms with van der Waals surface area (Å²) < 4.78 is 1.53. The molecular weight excluding hydrogens is 388 g/mol. The fourth-order valence-electron chi connectivity index (χ4n) is 2.57. The molecule has 8 heteroatoms. The number of carbonyl (C=O) groups excluding carboxylic acids is 1. The summed E-state index contributed by atoms with van der Waals surface area (Å²) in [6, 6.07) is 13.5. The molecule has 29 heavy (non-hydrogen) atoms. The zero-order valence-corrected chi connectivity index (χ0v) is 16.6. The number of hydrazone groups is 1. The van der Waals surface area contributed by atoms with Crippen LogP contribution in [0.5, 0.6) is 5.75 Å². The molecular formula is C21H20N4O3S. The molecule has 148 valence electrons. The molecule has 2 aromatic carbocycles. The standard InChI is InChI=1S/C21H20N4O3S/c1-14(2)12-25-20(28)17-5-3-4-6-18(17)23-21(25)29-13-19(27)24-22-11-15-7-9-16(26)10-8-15/h3-11,26H,1,12-13H2,2H3,(H,24,27). The second-order valence-corrected chi connectivity index (χ2v) is 7.38. The number of aromatic nitrogens is 2. The maximum atomic E-state index is 12.8. The van der Waals surface area contributed by atoms with E-state index in [1.54, 1.807) is 30.3 Å². The van der Waals surface area contributed by atoms with Crippen molar-refractivity contribution >= 4 is 34.8 Å². The number of aromatic hydroxyl groups is 1. The van der Waals surface area contributed by atoms with Crippen molar-refractivity contribution in [2.45, 2.75) is 18.6 Å². The lowest BCUT2D eigenvalue weighted by Crippen LogP contribution is -2.25. The number of hydrogen-bond acceptors (Lipinski definition) is 6. The Morgan fingerprint density at radius 3 is 2.72 bits per heavy atom. The van der Waals surface area contributed by atoms with Gasteiger partial charge in [-0.2, -0.15) is 5.10 Å². The molecule has 2 N–H and O–H groups in total. The Bertz CT molecular complexity index is 1140. The Morgan fingerprint density at radius 2 is 2.00 bits per heavy atom. The summed E-state index contributed by atoms with van der Waals surface area (Å²) in [6.45, 7) is 6.04. The van der Waals surface area contributed by atoms with Crippen molar-refractivity contribution in [3.05, 3.63) is 76.6 Å². The summed E-state index contributed by atoms with van der Waals surface area (Å²) in [5, 5.41) is 14.1. The van der Waals surface area contributed by atoms with Crippen LogP contribution in [0.2, 0.25) is 0 Å². The highest BCUT2D eigenvalue weighted by Gasteiger charge is 2.13. The molecule has 1 heterocycles. The van der Waals surface area contributed by atoms with Crippen LogP contribution in [-0.4, -0.2) is 32.5 Å². The summed E-state index contributed by atoms with van der Waals surface area (Å²) >= 11 is 1.17. The van der Waals surface area contributed by atoms with Crippen molar-refractivity contribution < 1.29 is 9.90 Å². The second-order valence-electron chi connectivity index (χ2n) is 6.43. The van der Waals surface area contributed by atoms with Gasteiger partial charge < -0.3 is 5.11 Å². The van der Waals surface area contributed by atoms with E-state index in [1.807, 2.05) is 13.0 Å². The zero-order chi connectivity index (χ0) is 20.8. The molecule has 0 spiro atoms. The molecule has 0 unspecified atom stereocenters. The Labute approximate surface area is 171 Å². The lowest BCUT2D eigenvalue weighted by molar-refractivity contribution is -0.118. The van der Waals surface area contributed by atoms with Crippen molar-refractivity contribution in [3.8, 4) is 5.75 Å². The number of rotatable bonds is 7. The van der Waals surface area contributed by atoms with E-state index in [2.05, 4.69) is 22.1 Å². The summed E-state index contributed by atoms with van der Waals surface area (Å²) in [7, 11) is 0. The Kier molecular flexibility index (Phi) is 6.46. The van der Waals surface area contributed by atoms with Crippen molar-refractivity contribution in [1.82, 2.24) is 15.0 Å². The van der Waals surface area contributed by atoms with Crippen LogP contribution in [0.3, 0.4) is 0 Å². The lowest BCUT2D eigenvalue weighted by atomic mass is 10.2. The van der Waals surface area contributed by atoms with Crippen LogP contribution in [0.1, 0.15) is 12.5 Å². The van der Waals surface area contributed by atoms with E-state index in [9.17, 15) is 14.7 Å². The predicted octanol–water partition coefficient (Wildman–Crippen LogP) is 2.92. The van der Waals surface area contributed by atoms with Gasteiger partial charge in [0, 0.05) is 6.54 Å². The van der Waals surface area contributed by atoms with Gasteiger partial charge in [-0.3, -0.25) is 14.2 Å². The summed E-state index contributed by atoms with van der Waals surface area (Å²) in [6.07, 6.45) is 1.48. The summed E-state index contributed by atoms with van der Waals surface area (Å²) in [5.41, 5.74) is 4.42. The lowest BCUT2D eigenvalue weighted by Gasteiger charge is -2.12. The zero-order valence-electron chi connectivity index (χ0n) is 15.8. The van der Waals surface area contributed by atoms with E-state index < -0.39 is 0 Å². The number of thioether (sulfide) groups is 1. The van der Waals surface area contributed by atoms with Crippen molar-refractivity contribution in [1.29, 1.82) is 0 Å². The summed E-state index contributed by atoms with van der Waals surface area (Å²) in [5.74, 6) is -0.117. The Balaban J connectivity index is 1.71. The third kappa shape index (κ3) is 5.32. The average molecular weight is 408 g/mol. The van der Waals surface area contributed by atoms with Gasteiger partial charge in [0.25, 0.3) is 11.5 Å². The van der Waals surface area contributed by atoms with Gasteiger partial charge in [0.1, 0.15) is 5.75 Å². The van der Waals surface area contributed by atoms with Gasteiger partial charge in [-0.25, -0.2) is 10.4 Å². The number of carbonyl (C=O) groups is 1. The number of nitrogens with one attached hydrogen (secondary N) is 1. The van der Waals surface area contributed by atoms with E-state index in [-0.39, 0.29) is 23.0 Å². The van der Waals surface area contributed by atoms with Crippen LogP contribution < -0.4 is 11.0 Å². The topological polar surface area (TPSA) is 96.6 Å². The van der Waals surface area contributed by atoms with Crippen LogP contribution in [0, 0.1) is 0 Å². The second kappa shape index (κ2) is 9.20. The van der Waals surface area contributed by atoms with E-state index >= 15 is 0 Å². The van der Waals surface area contributed by atoms with Crippen LogP contribution in [0.15, 0.2) is 75.7 Å². The van der Waals surface area contributed by atoms with Crippen LogP contribution >= 0.6 is 11.8 Å². The number of allylic oxidation sites excluding steroid dienone is 1. The first-order valence-corrected chi connectivity index (χ1v) is 9.80. The number of nitrogens with zero attached hydrogens (tertiary/aromatic N) is 3. The number of hydrogen-bond donors (Lipinski definition) is 2. The maximum absolute atomic E-state index is 12.8. The molecule has 0 atom stereocenters. The van der Waals surface area contributed by atoms with Gasteiger partial charge in [-0.05, 0) is 48.9 Å². The minimum atomic E-state index is -0.325. The van der Waals surface area contributed by atoms with Gasteiger partial charge in [0.15, 0.2) is 5.16 Å². The smallest absolute Gasteiger partial charge is 0.262 e. The molecule has 3 aromatic rings. The molecule has 0 radical (unpaired) electrons. The van der Waals surface area contributed by atoms with E-state index in [0.717, 1.165) is 11.1 Å². The van der Waals surface area contributed by atoms with Gasteiger partial charge in [0.2, 0.25) is 0 Å². The quantitative estimate of drug-likeness (QED) is 0.206. The molecule has 1 aromatic heterocycles. The van der Waals surface area contributed by atoms with Gasteiger partial charge in [-0.15, -0.1) is 0 Å². The van der Waals surface area contributed by atoms with Gasteiger partial charge in [0.05, 0.1) is 22.9 Å². The highest BCUT2D eigenvalue weighted by Crippen LogP contribution is 2.18. The molecule has 0 aliphatic rings. The monoisotopic (exact) mass is 408 g/mol. The van der Waals surface area contributed by atoms with Crippen molar-refractivity contribution in [2.24, 2.45) is 5.10 Å². The number of para-hydroxylation sites is 1. The number of phenols is 1. The SMILES string of the molecule is C=C(C)Cn1c(SCC(=O)NN=Cc2ccc(O)cc2)nc2ccccc2c1=O. The van der Waals surface area contributed by atoms with Crippen molar-refractivity contribution in [3.63, 3.8) is 0 Å².